The van der Waals surface area contributed by atoms with Crippen LogP contribution in [-0.2, 0) is 11.2 Å². The van der Waals surface area contributed by atoms with Crippen LogP contribution in [0.2, 0.25) is 5.02 Å². The van der Waals surface area contributed by atoms with Crippen LogP contribution in [0.5, 0.6) is 0 Å². The van der Waals surface area contributed by atoms with Crippen LogP contribution in [0.25, 0.3) is 0 Å². The Bertz CT molecular complexity index is 583. The number of halogens is 1. The molecule has 0 aliphatic carbocycles. The van der Waals surface area contributed by atoms with E-state index in [-0.39, 0.29) is 11.9 Å². The molecule has 0 aliphatic heterocycles. The Hall–Kier alpha value is -1.87. The summed E-state index contributed by atoms with van der Waals surface area (Å²) in [6, 6.07) is 13.4. The predicted octanol–water partition coefficient (Wildman–Crippen LogP) is 3.89. The number of rotatable bonds is 5. The first-order chi connectivity index (χ1) is 10.1. The summed E-state index contributed by atoms with van der Waals surface area (Å²) >= 11 is 5.89. The smallest absolute Gasteiger partial charge is 0.223 e. The van der Waals surface area contributed by atoms with Crippen LogP contribution in [0.3, 0.4) is 0 Å². The van der Waals surface area contributed by atoms with Crippen molar-refractivity contribution < 1.29 is 4.79 Å². The maximum Gasteiger partial charge on any atom is 0.223 e. The molecule has 0 bridgehead atoms. The molecule has 2 aromatic rings. The SMILES string of the molecule is C[C@H](c1ccc(Cl)cc1)N(C)C(=O)CCc1ccccn1. The number of hydrogen-bond donors (Lipinski definition) is 0. The maximum atomic E-state index is 12.3. The fourth-order valence-corrected chi connectivity index (χ4v) is 2.26. The average molecular weight is 303 g/mol. The van der Waals surface area contributed by atoms with E-state index in [0.29, 0.717) is 17.9 Å². The van der Waals surface area contributed by atoms with Gasteiger partial charge in [0.25, 0.3) is 0 Å². The normalized spacial score (nSPS) is 12.0. The summed E-state index contributed by atoms with van der Waals surface area (Å²) in [6.45, 7) is 2.02. The van der Waals surface area contributed by atoms with Crippen LogP contribution in [0, 0.1) is 0 Å². The van der Waals surface area contributed by atoms with Crippen LogP contribution in [0.1, 0.15) is 30.6 Å². The van der Waals surface area contributed by atoms with E-state index in [1.165, 1.54) is 0 Å². The standard InChI is InChI=1S/C17H19ClN2O/c1-13(14-6-8-15(18)9-7-14)20(2)17(21)11-10-16-5-3-4-12-19-16/h3-9,12-13H,10-11H2,1-2H3/t13-/m1/s1. The van der Waals surface area contributed by atoms with Gasteiger partial charge in [-0.15, -0.1) is 0 Å². The highest BCUT2D eigenvalue weighted by Gasteiger charge is 2.17. The molecule has 1 amide bonds. The molecule has 1 aromatic carbocycles. The number of nitrogens with zero attached hydrogens (tertiary/aromatic N) is 2. The number of hydrogen-bond acceptors (Lipinski definition) is 2. The first-order valence-corrected chi connectivity index (χ1v) is 7.37. The van der Waals surface area contributed by atoms with Gasteiger partial charge in [0.1, 0.15) is 0 Å². The Morgan fingerprint density at radius 3 is 2.57 bits per heavy atom. The quantitative estimate of drug-likeness (QED) is 0.839. The summed E-state index contributed by atoms with van der Waals surface area (Å²) in [7, 11) is 1.83. The van der Waals surface area contributed by atoms with Crippen molar-refractivity contribution in [3.8, 4) is 0 Å². The second kappa shape index (κ2) is 7.23. The molecule has 0 radical (unpaired) electrons. The lowest BCUT2D eigenvalue weighted by molar-refractivity contribution is -0.131. The van der Waals surface area contributed by atoms with Gasteiger partial charge in [-0.2, -0.15) is 0 Å². The van der Waals surface area contributed by atoms with Gasteiger partial charge in [-0.25, -0.2) is 0 Å². The maximum absolute atomic E-state index is 12.3. The molecule has 0 saturated carbocycles. The third-order valence-electron chi connectivity index (χ3n) is 3.65. The Balaban J connectivity index is 1.94. The highest BCUT2D eigenvalue weighted by atomic mass is 35.5. The number of aryl methyl sites for hydroxylation is 1. The number of carbonyl (C=O) groups excluding carboxylic acids is 1. The molecular weight excluding hydrogens is 284 g/mol. The Morgan fingerprint density at radius 1 is 1.24 bits per heavy atom. The van der Waals surface area contributed by atoms with Gasteiger partial charge in [-0.05, 0) is 43.2 Å². The second-order valence-corrected chi connectivity index (χ2v) is 5.49. The van der Waals surface area contributed by atoms with E-state index in [1.54, 1.807) is 11.1 Å². The van der Waals surface area contributed by atoms with Crippen LogP contribution in [0.4, 0.5) is 0 Å². The molecule has 1 heterocycles. The van der Waals surface area contributed by atoms with Crippen molar-refractivity contribution in [2.45, 2.75) is 25.8 Å². The predicted molar refractivity (Wildman–Crippen MR) is 85.2 cm³/mol. The molecule has 0 fully saturated rings. The fraction of sp³-hybridized carbons (Fsp3) is 0.294. The topological polar surface area (TPSA) is 33.2 Å². The van der Waals surface area contributed by atoms with Gasteiger partial charge < -0.3 is 4.90 Å². The number of benzene rings is 1. The zero-order valence-corrected chi connectivity index (χ0v) is 13.0. The van der Waals surface area contributed by atoms with Crippen molar-refractivity contribution in [3.05, 3.63) is 64.9 Å². The summed E-state index contributed by atoms with van der Waals surface area (Å²) in [6.07, 6.45) is 2.88. The van der Waals surface area contributed by atoms with Crippen LogP contribution in [0.15, 0.2) is 48.7 Å². The van der Waals surface area contributed by atoms with Crippen molar-refractivity contribution >= 4 is 17.5 Å². The van der Waals surface area contributed by atoms with Crippen molar-refractivity contribution in [3.63, 3.8) is 0 Å². The molecule has 0 saturated heterocycles. The molecule has 21 heavy (non-hydrogen) atoms. The van der Waals surface area contributed by atoms with E-state index < -0.39 is 0 Å². The summed E-state index contributed by atoms with van der Waals surface area (Å²) in [5, 5.41) is 0.704. The molecule has 3 nitrogen and oxygen atoms in total. The lowest BCUT2D eigenvalue weighted by Crippen LogP contribution is -2.29. The van der Waals surface area contributed by atoms with Crippen molar-refractivity contribution in [2.75, 3.05) is 7.05 Å². The van der Waals surface area contributed by atoms with Crippen molar-refractivity contribution in [2.24, 2.45) is 0 Å². The van der Waals surface area contributed by atoms with E-state index in [2.05, 4.69) is 4.98 Å². The summed E-state index contributed by atoms with van der Waals surface area (Å²) in [5.74, 6) is 0.114. The third kappa shape index (κ3) is 4.30. The minimum absolute atomic E-state index is 0.0264. The highest BCUT2D eigenvalue weighted by Crippen LogP contribution is 2.21. The number of pyridine rings is 1. The molecule has 0 N–H and O–H groups in total. The van der Waals surface area contributed by atoms with Crippen LogP contribution < -0.4 is 0 Å². The largest absolute Gasteiger partial charge is 0.339 e. The van der Waals surface area contributed by atoms with Gasteiger partial charge in [0.2, 0.25) is 5.91 Å². The van der Waals surface area contributed by atoms with Crippen LogP contribution in [-0.4, -0.2) is 22.8 Å². The lowest BCUT2D eigenvalue weighted by Gasteiger charge is -2.25. The zero-order chi connectivity index (χ0) is 15.2. The van der Waals surface area contributed by atoms with Gasteiger partial charge in [-0.1, -0.05) is 29.8 Å². The molecule has 4 heteroatoms. The van der Waals surface area contributed by atoms with Gasteiger partial charge in [0.05, 0.1) is 6.04 Å². The van der Waals surface area contributed by atoms with E-state index >= 15 is 0 Å². The van der Waals surface area contributed by atoms with Crippen LogP contribution >= 0.6 is 11.6 Å². The van der Waals surface area contributed by atoms with Crippen molar-refractivity contribution in [1.82, 2.24) is 9.88 Å². The fourth-order valence-electron chi connectivity index (χ4n) is 2.14. The molecule has 0 spiro atoms. The van der Waals surface area contributed by atoms with E-state index in [0.717, 1.165) is 11.3 Å². The molecule has 0 aliphatic rings. The summed E-state index contributed by atoms with van der Waals surface area (Å²) in [4.78, 5) is 18.3. The minimum Gasteiger partial charge on any atom is -0.339 e. The molecule has 0 unspecified atom stereocenters. The molecule has 1 atom stereocenters. The number of amides is 1. The first-order valence-electron chi connectivity index (χ1n) is 6.99. The van der Waals surface area contributed by atoms with Crippen molar-refractivity contribution in [1.29, 1.82) is 0 Å². The Morgan fingerprint density at radius 2 is 1.95 bits per heavy atom. The van der Waals surface area contributed by atoms with Gasteiger partial charge in [0.15, 0.2) is 0 Å². The number of aromatic nitrogens is 1. The zero-order valence-electron chi connectivity index (χ0n) is 12.3. The summed E-state index contributed by atoms with van der Waals surface area (Å²) in [5.41, 5.74) is 2.02. The minimum atomic E-state index is 0.0264. The second-order valence-electron chi connectivity index (χ2n) is 5.05. The highest BCUT2D eigenvalue weighted by molar-refractivity contribution is 6.30. The van der Waals surface area contributed by atoms with E-state index in [1.807, 2.05) is 56.4 Å². The first kappa shape index (κ1) is 15.5. The van der Waals surface area contributed by atoms with Gasteiger partial charge in [-0.3, -0.25) is 9.78 Å². The van der Waals surface area contributed by atoms with E-state index in [9.17, 15) is 4.79 Å². The monoisotopic (exact) mass is 302 g/mol. The van der Waals surface area contributed by atoms with Gasteiger partial charge >= 0.3 is 0 Å². The Kier molecular flexibility index (Phi) is 5.34. The molecule has 1 aromatic heterocycles. The lowest BCUT2D eigenvalue weighted by atomic mass is 10.1. The summed E-state index contributed by atoms with van der Waals surface area (Å²) < 4.78 is 0. The number of carbonyl (C=O) groups is 1. The third-order valence-corrected chi connectivity index (χ3v) is 3.90. The Labute approximate surface area is 130 Å². The van der Waals surface area contributed by atoms with Gasteiger partial charge in [0, 0.05) is 30.4 Å². The molecule has 110 valence electrons. The molecular formula is C17H19ClN2O. The molecule has 2 rings (SSSR count). The average Bonchev–Trinajstić information content (AvgIpc) is 2.53. The van der Waals surface area contributed by atoms with E-state index in [4.69, 9.17) is 11.6 Å².